The van der Waals surface area contributed by atoms with Crippen molar-refractivity contribution in [2.45, 2.75) is 6.29 Å². The third-order valence-electron chi connectivity index (χ3n) is 2.02. The van der Waals surface area contributed by atoms with E-state index >= 15 is 0 Å². The van der Waals surface area contributed by atoms with Gasteiger partial charge < -0.3 is 14.0 Å². The van der Waals surface area contributed by atoms with Gasteiger partial charge in [-0.05, 0) is 12.1 Å². The molecule has 0 unspecified atom stereocenters. The summed E-state index contributed by atoms with van der Waals surface area (Å²) in [6.45, 7) is 0. The van der Waals surface area contributed by atoms with Crippen LogP contribution in [0.4, 0.5) is 0 Å². The molecular formula is C10H7NO3. The Morgan fingerprint density at radius 3 is 2.29 bits per heavy atom. The Balaban J connectivity index is 1.92. The van der Waals surface area contributed by atoms with E-state index in [1.54, 1.807) is 6.07 Å². The molecule has 70 valence electrons. The van der Waals surface area contributed by atoms with Crippen LogP contribution in [0.1, 0.15) is 12.0 Å². The Morgan fingerprint density at radius 2 is 1.71 bits per heavy atom. The van der Waals surface area contributed by atoms with Crippen molar-refractivity contribution in [3.63, 3.8) is 0 Å². The van der Waals surface area contributed by atoms with Gasteiger partial charge >= 0.3 is 0 Å². The lowest BCUT2D eigenvalue weighted by molar-refractivity contribution is 0.0418. The summed E-state index contributed by atoms with van der Waals surface area (Å²) in [5, 5.41) is 3.76. The molecule has 0 aliphatic carbocycles. The molecule has 1 aliphatic rings. The monoisotopic (exact) mass is 189 g/mol. The van der Waals surface area contributed by atoms with Crippen molar-refractivity contribution in [1.29, 1.82) is 0 Å². The molecule has 0 spiro atoms. The van der Waals surface area contributed by atoms with Crippen LogP contribution in [0, 0.1) is 0 Å². The van der Waals surface area contributed by atoms with E-state index in [1.165, 1.54) is 6.26 Å². The smallest absolute Gasteiger partial charge is 0.288 e. The maximum absolute atomic E-state index is 5.51. The molecule has 1 aromatic heterocycles. The van der Waals surface area contributed by atoms with Gasteiger partial charge in [0.05, 0.1) is 0 Å². The second kappa shape index (κ2) is 2.77. The summed E-state index contributed by atoms with van der Waals surface area (Å²) in [5.41, 5.74) is 0.640. The molecule has 0 saturated heterocycles. The average molecular weight is 189 g/mol. The van der Waals surface area contributed by atoms with Gasteiger partial charge in [0.15, 0.2) is 17.2 Å². The average Bonchev–Trinajstić information content (AvgIpc) is 2.86. The van der Waals surface area contributed by atoms with E-state index in [1.807, 2.05) is 24.3 Å². The normalized spacial score (nSPS) is 14.6. The molecule has 4 nitrogen and oxygen atoms in total. The van der Waals surface area contributed by atoms with E-state index in [-0.39, 0.29) is 0 Å². The zero-order valence-corrected chi connectivity index (χ0v) is 7.21. The number of fused-ring (bicyclic) bond motifs is 1. The number of hydrogen-bond acceptors (Lipinski definition) is 4. The Labute approximate surface area is 80.0 Å². The summed E-state index contributed by atoms with van der Waals surface area (Å²) in [4.78, 5) is 0. The minimum atomic E-state index is -0.480. The number of benzene rings is 1. The molecule has 4 heteroatoms. The van der Waals surface area contributed by atoms with Crippen LogP contribution in [0.3, 0.4) is 0 Å². The molecule has 1 aromatic carbocycles. The Bertz CT molecular complexity index is 413. The number of nitrogens with zero attached hydrogens (tertiary/aromatic N) is 1. The highest BCUT2D eigenvalue weighted by Gasteiger charge is 2.27. The second-order valence-electron chi connectivity index (χ2n) is 2.94. The molecule has 0 bridgehead atoms. The van der Waals surface area contributed by atoms with Gasteiger partial charge in [0, 0.05) is 6.07 Å². The molecule has 14 heavy (non-hydrogen) atoms. The van der Waals surface area contributed by atoms with Crippen molar-refractivity contribution in [3.8, 4) is 11.5 Å². The summed E-state index contributed by atoms with van der Waals surface area (Å²) in [7, 11) is 0. The van der Waals surface area contributed by atoms with Gasteiger partial charge in [0.2, 0.25) is 0 Å². The number of ether oxygens (including phenoxy) is 2. The molecule has 3 rings (SSSR count). The minimum absolute atomic E-state index is 0.480. The fourth-order valence-electron chi connectivity index (χ4n) is 1.36. The minimum Gasteiger partial charge on any atom is -0.445 e. The van der Waals surface area contributed by atoms with Gasteiger partial charge in [-0.15, -0.1) is 0 Å². The molecule has 1 aliphatic heterocycles. The maximum Gasteiger partial charge on any atom is 0.288 e. The lowest BCUT2D eigenvalue weighted by Crippen LogP contribution is -2.07. The van der Waals surface area contributed by atoms with Gasteiger partial charge in [-0.2, -0.15) is 0 Å². The quantitative estimate of drug-likeness (QED) is 0.689. The third kappa shape index (κ3) is 1.04. The lowest BCUT2D eigenvalue weighted by Gasteiger charge is -2.04. The predicted octanol–water partition coefficient (Wildman–Crippen LogP) is 2.14. The summed E-state index contributed by atoms with van der Waals surface area (Å²) in [5.74, 6) is 1.47. The van der Waals surface area contributed by atoms with E-state index in [9.17, 15) is 0 Å². The van der Waals surface area contributed by atoms with E-state index in [4.69, 9.17) is 14.0 Å². The third-order valence-corrected chi connectivity index (χ3v) is 2.02. The van der Waals surface area contributed by atoms with Crippen molar-refractivity contribution in [1.82, 2.24) is 5.16 Å². The predicted molar refractivity (Wildman–Crippen MR) is 46.9 cm³/mol. The first kappa shape index (κ1) is 7.44. The number of rotatable bonds is 1. The van der Waals surface area contributed by atoms with Crippen molar-refractivity contribution in [3.05, 3.63) is 42.3 Å². The topological polar surface area (TPSA) is 44.5 Å². The standard InChI is InChI=1S/C10H7NO3/c1-2-4-9-8(3-1)13-10(14-9)7-5-6-12-11-7/h1-6,10H. The molecule has 0 saturated carbocycles. The van der Waals surface area contributed by atoms with Crippen molar-refractivity contribution < 1.29 is 14.0 Å². The van der Waals surface area contributed by atoms with E-state index in [2.05, 4.69) is 5.16 Å². The fourth-order valence-corrected chi connectivity index (χ4v) is 1.36. The Hall–Kier alpha value is -1.97. The van der Waals surface area contributed by atoms with E-state index in [0.717, 1.165) is 11.5 Å². The summed E-state index contributed by atoms with van der Waals surface area (Å²) in [6.07, 6.45) is 1.01. The van der Waals surface area contributed by atoms with Crippen molar-refractivity contribution >= 4 is 0 Å². The van der Waals surface area contributed by atoms with Gasteiger partial charge in [-0.3, -0.25) is 0 Å². The zero-order valence-electron chi connectivity index (χ0n) is 7.21. The maximum atomic E-state index is 5.51. The van der Waals surface area contributed by atoms with Gasteiger partial charge in [0.1, 0.15) is 6.26 Å². The largest absolute Gasteiger partial charge is 0.445 e. The SMILES string of the molecule is c1ccc2c(c1)OC(c1ccon1)O2. The van der Waals surface area contributed by atoms with E-state index in [0.29, 0.717) is 5.69 Å². The summed E-state index contributed by atoms with van der Waals surface area (Å²) >= 11 is 0. The first-order valence-electron chi connectivity index (χ1n) is 4.26. The van der Waals surface area contributed by atoms with Gasteiger partial charge in [0.25, 0.3) is 6.29 Å². The molecule has 0 fully saturated rings. The number of para-hydroxylation sites is 2. The highest BCUT2D eigenvalue weighted by molar-refractivity contribution is 5.42. The highest BCUT2D eigenvalue weighted by Crippen LogP contribution is 2.39. The van der Waals surface area contributed by atoms with Crippen LogP contribution in [-0.2, 0) is 0 Å². The Morgan fingerprint density at radius 1 is 1.00 bits per heavy atom. The van der Waals surface area contributed by atoms with Crippen molar-refractivity contribution in [2.75, 3.05) is 0 Å². The van der Waals surface area contributed by atoms with Crippen LogP contribution in [0.5, 0.6) is 11.5 Å². The van der Waals surface area contributed by atoms with Crippen molar-refractivity contribution in [2.24, 2.45) is 0 Å². The van der Waals surface area contributed by atoms with Gasteiger partial charge in [-0.1, -0.05) is 17.3 Å². The molecule has 0 amide bonds. The van der Waals surface area contributed by atoms with Crippen LogP contribution >= 0.6 is 0 Å². The first-order chi connectivity index (χ1) is 6.93. The fraction of sp³-hybridized carbons (Fsp3) is 0.100. The lowest BCUT2D eigenvalue weighted by atomic mass is 10.3. The zero-order chi connectivity index (χ0) is 9.38. The van der Waals surface area contributed by atoms with Crippen LogP contribution < -0.4 is 9.47 Å². The van der Waals surface area contributed by atoms with Crippen LogP contribution in [0.2, 0.25) is 0 Å². The first-order valence-corrected chi connectivity index (χ1v) is 4.26. The molecule has 0 radical (unpaired) electrons. The van der Waals surface area contributed by atoms with E-state index < -0.39 is 6.29 Å². The molecule has 2 aromatic rings. The van der Waals surface area contributed by atoms with Gasteiger partial charge in [-0.25, -0.2) is 0 Å². The second-order valence-corrected chi connectivity index (χ2v) is 2.94. The molecule has 0 N–H and O–H groups in total. The molecular weight excluding hydrogens is 182 g/mol. The molecule has 0 atom stereocenters. The number of aromatic nitrogens is 1. The highest BCUT2D eigenvalue weighted by atomic mass is 16.7. The van der Waals surface area contributed by atoms with Crippen LogP contribution in [0.25, 0.3) is 0 Å². The summed E-state index contributed by atoms with van der Waals surface area (Å²) in [6, 6.07) is 9.22. The van der Waals surface area contributed by atoms with Crippen LogP contribution in [0.15, 0.2) is 41.1 Å². The molecule has 2 heterocycles. The van der Waals surface area contributed by atoms with Crippen LogP contribution in [-0.4, -0.2) is 5.16 Å². The summed E-state index contributed by atoms with van der Waals surface area (Å²) < 4.78 is 15.7. The Kier molecular flexibility index (Phi) is 1.47. The number of hydrogen-bond donors (Lipinski definition) is 0.